The largest absolute Gasteiger partial charge is 0.379 e. The maximum Gasteiger partial charge on any atom is 0.312 e. The molecule has 0 spiro atoms. The number of hydrogen-bond acceptors (Lipinski definition) is 5. The van der Waals surface area contributed by atoms with E-state index in [1.165, 1.54) is 0 Å². The molecule has 2 amide bonds. The second kappa shape index (κ2) is 9.54. The lowest BCUT2D eigenvalue weighted by atomic mass is 10.2. The highest BCUT2D eigenvalue weighted by Gasteiger charge is 2.25. The van der Waals surface area contributed by atoms with E-state index in [1.54, 1.807) is 4.90 Å². The van der Waals surface area contributed by atoms with Gasteiger partial charge in [0.1, 0.15) is 0 Å². The predicted molar refractivity (Wildman–Crippen MR) is 100 cm³/mol. The first kappa shape index (κ1) is 18.7. The molecule has 1 N–H and O–H groups in total. The third-order valence-electron chi connectivity index (χ3n) is 4.92. The second-order valence-corrected chi connectivity index (χ2v) is 6.68. The summed E-state index contributed by atoms with van der Waals surface area (Å²) in [4.78, 5) is 30.6. The van der Waals surface area contributed by atoms with Crippen LogP contribution in [0.2, 0.25) is 0 Å². The highest BCUT2D eigenvalue weighted by Crippen LogP contribution is 2.15. The zero-order valence-corrected chi connectivity index (χ0v) is 15.2. The highest BCUT2D eigenvalue weighted by atomic mass is 16.5. The minimum atomic E-state index is -0.486. The van der Waals surface area contributed by atoms with Crippen LogP contribution < -0.4 is 10.2 Å². The molecule has 0 bridgehead atoms. The van der Waals surface area contributed by atoms with E-state index in [2.05, 4.69) is 27.2 Å². The van der Waals surface area contributed by atoms with Crippen LogP contribution in [0.1, 0.15) is 6.42 Å². The third-order valence-corrected chi connectivity index (χ3v) is 4.92. The molecule has 7 nitrogen and oxygen atoms in total. The Balaban J connectivity index is 1.34. The SMILES string of the molecule is O=C(NCCCN1CCOCC1)C(=O)N1CCN(c2ccccc2)CC1. The van der Waals surface area contributed by atoms with Gasteiger partial charge in [0, 0.05) is 51.5 Å². The van der Waals surface area contributed by atoms with E-state index < -0.39 is 11.8 Å². The van der Waals surface area contributed by atoms with Gasteiger partial charge in [0.25, 0.3) is 0 Å². The van der Waals surface area contributed by atoms with E-state index in [4.69, 9.17) is 4.74 Å². The Labute approximate surface area is 154 Å². The van der Waals surface area contributed by atoms with Crippen molar-refractivity contribution in [3.8, 4) is 0 Å². The Morgan fingerprint density at radius 3 is 2.35 bits per heavy atom. The van der Waals surface area contributed by atoms with Crippen molar-refractivity contribution < 1.29 is 14.3 Å². The summed E-state index contributed by atoms with van der Waals surface area (Å²) < 4.78 is 5.31. The monoisotopic (exact) mass is 360 g/mol. The molecule has 142 valence electrons. The van der Waals surface area contributed by atoms with E-state index in [0.29, 0.717) is 19.6 Å². The predicted octanol–water partition coefficient (Wildman–Crippen LogP) is 0.174. The number of rotatable bonds is 5. The summed E-state index contributed by atoms with van der Waals surface area (Å²) in [6, 6.07) is 10.2. The number of hydrogen-bond donors (Lipinski definition) is 1. The van der Waals surface area contributed by atoms with Crippen molar-refractivity contribution in [2.75, 3.05) is 70.5 Å². The lowest BCUT2D eigenvalue weighted by Gasteiger charge is -2.35. The van der Waals surface area contributed by atoms with Crippen LogP contribution in [0, 0.1) is 0 Å². The topological polar surface area (TPSA) is 65.1 Å². The Morgan fingerprint density at radius 2 is 1.65 bits per heavy atom. The van der Waals surface area contributed by atoms with Crippen LogP contribution in [0.25, 0.3) is 0 Å². The number of piperazine rings is 1. The molecule has 0 saturated carbocycles. The van der Waals surface area contributed by atoms with Gasteiger partial charge in [-0.15, -0.1) is 0 Å². The smallest absolute Gasteiger partial charge is 0.312 e. The fourth-order valence-corrected chi connectivity index (χ4v) is 3.36. The Morgan fingerprint density at radius 1 is 0.962 bits per heavy atom. The summed E-state index contributed by atoms with van der Waals surface area (Å²) in [5, 5.41) is 2.76. The second-order valence-electron chi connectivity index (χ2n) is 6.68. The van der Waals surface area contributed by atoms with E-state index in [-0.39, 0.29) is 0 Å². The van der Waals surface area contributed by atoms with Gasteiger partial charge in [-0.25, -0.2) is 0 Å². The van der Waals surface area contributed by atoms with E-state index >= 15 is 0 Å². The molecular formula is C19H28N4O3. The number of carbonyl (C=O) groups is 2. The number of benzene rings is 1. The van der Waals surface area contributed by atoms with Gasteiger partial charge in [0.2, 0.25) is 0 Å². The molecule has 2 fully saturated rings. The molecule has 2 heterocycles. The Bertz CT molecular complexity index is 582. The fourth-order valence-electron chi connectivity index (χ4n) is 3.36. The molecule has 2 aliphatic heterocycles. The summed E-state index contributed by atoms with van der Waals surface area (Å²) in [6.07, 6.45) is 0.848. The van der Waals surface area contributed by atoms with Gasteiger partial charge in [-0.05, 0) is 25.1 Å². The van der Waals surface area contributed by atoms with E-state index in [1.807, 2.05) is 18.2 Å². The molecule has 7 heteroatoms. The number of ether oxygens (including phenoxy) is 1. The molecule has 0 radical (unpaired) electrons. The summed E-state index contributed by atoms with van der Waals surface area (Å²) in [5.41, 5.74) is 1.16. The van der Waals surface area contributed by atoms with Crippen LogP contribution >= 0.6 is 0 Å². The molecule has 0 aromatic heterocycles. The van der Waals surface area contributed by atoms with Gasteiger partial charge in [0.05, 0.1) is 13.2 Å². The molecule has 1 aromatic carbocycles. The van der Waals surface area contributed by atoms with E-state index in [0.717, 1.165) is 58.0 Å². The van der Waals surface area contributed by atoms with Gasteiger partial charge in [-0.2, -0.15) is 0 Å². The van der Waals surface area contributed by atoms with Gasteiger partial charge >= 0.3 is 11.8 Å². The molecule has 0 atom stereocenters. The number of carbonyl (C=O) groups excluding carboxylic acids is 2. The summed E-state index contributed by atoms with van der Waals surface area (Å²) in [6.45, 7) is 7.56. The van der Waals surface area contributed by atoms with Crippen molar-refractivity contribution in [1.82, 2.24) is 15.1 Å². The minimum absolute atomic E-state index is 0.413. The first-order valence-electron chi connectivity index (χ1n) is 9.41. The molecule has 2 aliphatic rings. The number of morpholine rings is 1. The molecule has 0 aliphatic carbocycles. The molecular weight excluding hydrogens is 332 g/mol. The van der Waals surface area contributed by atoms with Crippen LogP contribution in [-0.2, 0) is 14.3 Å². The summed E-state index contributed by atoms with van der Waals surface area (Å²) >= 11 is 0. The molecule has 1 aromatic rings. The zero-order valence-electron chi connectivity index (χ0n) is 15.2. The first-order chi connectivity index (χ1) is 12.7. The summed E-state index contributed by atoms with van der Waals surface area (Å²) in [7, 11) is 0. The molecule has 0 unspecified atom stereocenters. The maximum atomic E-state index is 12.3. The van der Waals surface area contributed by atoms with Gasteiger partial charge in [0.15, 0.2) is 0 Å². The van der Waals surface area contributed by atoms with Crippen LogP contribution in [0.5, 0.6) is 0 Å². The van der Waals surface area contributed by atoms with Crippen molar-refractivity contribution in [3.05, 3.63) is 30.3 Å². The first-order valence-corrected chi connectivity index (χ1v) is 9.41. The number of para-hydroxylation sites is 1. The van der Waals surface area contributed by atoms with Crippen molar-refractivity contribution in [3.63, 3.8) is 0 Å². The number of nitrogens with one attached hydrogen (secondary N) is 1. The Hall–Kier alpha value is -2.12. The summed E-state index contributed by atoms with van der Waals surface area (Å²) in [5.74, 6) is -0.899. The lowest BCUT2D eigenvalue weighted by Crippen LogP contribution is -2.52. The van der Waals surface area contributed by atoms with Crippen molar-refractivity contribution in [2.45, 2.75) is 6.42 Å². The van der Waals surface area contributed by atoms with Gasteiger partial charge in [-0.1, -0.05) is 18.2 Å². The average Bonchev–Trinajstić information content (AvgIpc) is 2.72. The lowest BCUT2D eigenvalue weighted by molar-refractivity contribution is -0.146. The number of amides is 2. The molecule has 3 rings (SSSR count). The van der Waals surface area contributed by atoms with Crippen molar-refractivity contribution in [2.24, 2.45) is 0 Å². The normalized spacial score (nSPS) is 18.6. The van der Waals surface area contributed by atoms with Gasteiger partial charge < -0.3 is 19.9 Å². The Kier molecular flexibility index (Phi) is 6.85. The van der Waals surface area contributed by atoms with Crippen molar-refractivity contribution >= 4 is 17.5 Å². The quantitative estimate of drug-likeness (QED) is 0.599. The standard InChI is InChI=1S/C19H28N4O3/c24-18(20-7-4-8-21-13-15-26-16-14-21)19(25)23-11-9-22(10-12-23)17-5-2-1-3-6-17/h1-3,5-6H,4,7-16H2,(H,20,24). The average molecular weight is 360 g/mol. The van der Waals surface area contributed by atoms with Crippen LogP contribution in [0.3, 0.4) is 0 Å². The highest BCUT2D eigenvalue weighted by molar-refractivity contribution is 6.35. The number of nitrogens with zero attached hydrogens (tertiary/aromatic N) is 3. The third kappa shape index (κ3) is 5.19. The van der Waals surface area contributed by atoms with Crippen molar-refractivity contribution in [1.29, 1.82) is 0 Å². The maximum absolute atomic E-state index is 12.3. The van der Waals surface area contributed by atoms with Crippen LogP contribution in [-0.4, -0.2) is 87.2 Å². The van der Waals surface area contributed by atoms with Crippen LogP contribution in [0.15, 0.2) is 30.3 Å². The van der Waals surface area contributed by atoms with Gasteiger partial charge in [-0.3, -0.25) is 14.5 Å². The minimum Gasteiger partial charge on any atom is -0.379 e. The number of anilines is 1. The van der Waals surface area contributed by atoms with Crippen LogP contribution in [0.4, 0.5) is 5.69 Å². The van der Waals surface area contributed by atoms with E-state index in [9.17, 15) is 9.59 Å². The molecule has 26 heavy (non-hydrogen) atoms. The molecule has 2 saturated heterocycles. The zero-order chi connectivity index (χ0) is 18.2. The fraction of sp³-hybridized carbons (Fsp3) is 0.579.